The molecule has 0 amide bonds. The SMILES string of the molecule is O=S(=O)(NCc1ccncc1)c1c(Cl)nc2sccn12. The molecule has 0 bridgehead atoms. The molecule has 0 aliphatic rings. The largest absolute Gasteiger partial charge is 0.279 e. The van der Waals surface area contributed by atoms with Crippen molar-refractivity contribution in [3.05, 3.63) is 46.8 Å². The van der Waals surface area contributed by atoms with Crippen LogP contribution in [0.2, 0.25) is 5.15 Å². The third kappa shape index (κ3) is 2.42. The number of hydrogen-bond acceptors (Lipinski definition) is 5. The Morgan fingerprint density at radius 3 is 2.85 bits per heavy atom. The van der Waals surface area contributed by atoms with Crippen molar-refractivity contribution in [3.8, 4) is 0 Å². The van der Waals surface area contributed by atoms with Crippen molar-refractivity contribution in [2.24, 2.45) is 0 Å². The number of imidazole rings is 1. The van der Waals surface area contributed by atoms with E-state index in [9.17, 15) is 8.42 Å². The number of halogens is 1. The molecule has 0 aliphatic carbocycles. The minimum absolute atomic E-state index is 0.0286. The minimum Gasteiger partial charge on any atom is -0.279 e. The number of thiazole rings is 1. The Labute approximate surface area is 124 Å². The lowest BCUT2D eigenvalue weighted by atomic mass is 10.3. The predicted octanol–water partition coefficient (Wildman–Crippen LogP) is 1.92. The van der Waals surface area contributed by atoms with Crippen LogP contribution in [-0.4, -0.2) is 22.8 Å². The summed E-state index contributed by atoms with van der Waals surface area (Å²) in [4.78, 5) is 8.43. The molecular weight excluding hydrogens is 320 g/mol. The van der Waals surface area contributed by atoms with Gasteiger partial charge in [0.05, 0.1) is 0 Å². The first-order valence-electron chi connectivity index (χ1n) is 5.57. The third-order valence-corrected chi connectivity index (χ3v) is 5.20. The fourth-order valence-corrected chi connectivity index (χ4v) is 4.19. The summed E-state index contributed by atoms with van der Waals surface area (Å²) >= 11 is 7.24. The van der Waals surface area contributed by atoms with Crippen LogP contribution in [0.3, 0.4) is 0 Å². The van der Waals surface area contributed by atoms with Gasteiger partial charge in [0.2, 0.25) is 0 Å². The Balaban J connectivity index is 1.92. The molecule has 0 atom stereocenters. The van der Waals surface area contributed by atoms with Gasteiger partial charge in [0.15, 0.2) is 15.1 Å². The normalized spacial score (nSPS) is 12.1. The van der Waals surface area contributed by atoms with Crippen LogP contribution in [0.4, 0.5) is 0 Å². The summed E-state index contributed by atoms with van der Waals surface area (Å²) in [5.41, 5.74) is 0.811. The maximum absolute atomic E-state index is 12.3. The van der Waals surface area contributed by atoms with E-state index in [-0.39, 0.29) is 16.7 Å². The van der Waals surface area contributed by atoms with Gasteiger partial charge in [0, 0.05) is 30.5 Å². The number of nitrogens with one attached hydrogen (secondary N) is 1. The highest BCUT2D eigenvalue weighted by Crippen LogP contribution is 2.25. The van der Waals surface area contributed by atoms with Gasteiger partial charge in [-0.25, -0.2) is 18.1 Å². The third-order valence-electron chi connectivity index (χ3n) is 2.65. The van der Waals surface area contributed by atoms with E-state index in [1.54, 1.807) is 36.1 Å². The molecule has 1 N–H and O–H groups in total. The van der Waals surface area contributed by atoms with Crippen molar-refractivity contribution in [1.82, 2.24) is 19.1 Å². The second-order valence-electron chi connectivity index (χ2n) is 3.94. The van der Waals surface area contributed by atoms with Gasteiger partial charge in [0.25, 0.3) is 10.0 Å². The van der Waals surface area contributed by atoms with Gasteiger partial charge in [-0.3, -0.25) is 9.38 Å². The number of pyridine rings is 1. The van der Waals surface area contributed by atoms with Crippen molar-refractivity contribution in [2.45, 2.75) is 11.6 Å². The molecule has 3 aromatic heterocycles. The molecule has 0 radical (unpaired) electrons. The zero-order chi connectivity index (χ0) is 14.2. The maximum Gasteiger partial charge on any atom is 0.260 e. The van der Waals surface area contributed by atoms with Crippen LogP contribution in [0, 0.1) is 0 Å². The Bertz CT molecular complexity index is 842. The molecule has 0 aromatic carbocycles. The summed E-state index contributed by atoms with van der Waals surface area (Å²) in [6.45, 7) is 0.165. The summed E-state index contributed by atoms with van der Waals surface area (Å²) < 4.78 is 28.6. The van der Waals surface area contributed by atoms with Crippen LogP contribution in [-0.2, 0) is 16.6 Å². The summed E-state index contributed by atoms with van der Waals surface area (Å²) in [6, 6.07) is 3.47. The molecule has 104 valence electrons. The van der Waals surface area contributed by atoms with Crippen LogP contribution in [0.5, 0.6) is 0 Å². The van der Waals surface area contributed by atoms with Crippen LogP contribution >= 0.6 is 22.9 Å². The van der Waals surface area contributed by atoms with Crippen molar-refractivity contribution in [1.29, 1.82) is 0 Å². The van der Waals surface area contributed by atoms with E-state index in [1.165, 1.54) is 15.7 Å². The highest BCUT2D eigenvalue weighted by molar-refractivity contribution is 7.89. The molecule has 0 saturated heterocycles. The lowest BCUT2D eigenvalue weighted by Crippen LogP contribution is -2.24. The highest BCUT2D eigenvalue weighted by atomic mass is 35.5. The van der Waals surface area contributed by atoms with Crippen LogP contribution in [0.25, 0.3) is 4.96 Å². The topological polar surface area (TPSA) is 76.4 Å². The fraction of sp³-hybridized carbons (Fsp3) is 0.0909. The van der Waals surface area contributed by atoms with E-state index >= 15 is 0 Å². The van der Waals surface area contributed by atoms with Gasteiger partial charge in [-0.05, 0) is 17.7 Å². The number of fused-ring (bicyclic) bond motifs is 1. The van der Waals surface area contributed by atoms with Gasteiger partial charge >= 0.3 is 0 Å². The quantitative estimate of drug-likeness (QED) is 0.794. The second-order valence-corrected chi connectivity index (χ2v) is 6.86. The Morgan fingerprint density at radius 1 is 1.35 bits per heavy atom. The number of nitrogens with zero attached hydrogens (tertiary/aromatic N) is 3. The molecule has 0 saturated carbocycles. The van der Waals surface area contributed by atoms with Crippen molar-refractivity contribution >= 4 is 37.9 Å². The lowest BCUT2D eigenvalue weighted by molar-refractivity contribution is 0.576. The fourth-order valence-electron chi connectivity index (χ4n) is 1.73. The predicted molar refractivity (Wildman–Crippen MR) is 76.3 cm³/mol. The number of hydrogen-bond donors (Lipinski definition) is 1. The zero-order valence-corrected chi connectivity index (χ0v) is 12.4. The van der Waals surface area contributed by atoms with Gasteiger partial charge < -0.3 is 0 Å². The molecule has 3 rings (SSSR count). The van der Waals surface area contributed by atoms with Gasteiger partial charge in [-0.2, -0.15) is 0 Å². The average Bonchev–Trinajstić information content (AvgIpc) is 2.97. The summed E-state index contributed by atoms with van der Waals surface area (Å²) in [5.74, 6) is 0. The van der Waals surface area contributed by atoms with E-state index in [0.717, 1.165) is 5.56 Å². The van der Waals surface area contributed by atoms with E-state index in [0.29, 0.717) is 4.96 Å². The van der Waals surface area contributed by atoms with Crippen LogP contribution in [0.15, 0.2) is 41.1 Å². The Kier molecular flexibility index (Phi) is 3.47. The van der Waals surface area contributed by atoms with E-state index < -0.39 is 10.0 Å². The van der Waals surface area contributed by atoms with Crippen molar-refractivity contribution < 1.29 is 8.42 Å². The van der Waals surface area contributed by atoms with Crippen LogP contribution in [0.1, 0.15) is 5.56 Å². The average molecular weight is 329 g/mol. The Hall–Kier alpha value is -1.48. The molecule has 6 nitrogen and oxygen atoms in total. The second kappa shape index (κ2) is 5.13. The summed E-state index contributed by atoms with van der Waals surface area (Å²) in [5, 5.41) is 1.68. The first-order valence-corrected chi connectivity index (χ1v) is 8.31. The minimum atomic E-state index is -3.74. The lowest BCUT2D eigenvalue weighted by Gasteiger charge is -2.06. The smallest absolute Gasteiger partial charge is 0.260 e. The molecule has 0 spiro atoms. The van der Waals surface area contributed by atoms with Gasteiger partial charge in [-0.15, -0.1) is 11.3 Å². The Morgan fingerprint density at radius 2 is 2.10 bits per heavy atom. The van der Waals surface area contributed by atoms with E-state index in [1.807, 2.05) is 0 Å². The molecule has 0 aliphatic heterocycles. The highest BCUT2D eigenvalue weighted by Gasteiger charge is 2.24. The first kappa shape index (κ1) is 13.5. The van der Waals surface area contributed by atoms with Crippen molar-refractivity contribution in [2.75, 3.05) is 0 Å². The number of aromatic nitrogens is 3. The standard InChI is InChI=1S/C11H9ClN4O2S2/c12-9-10(16-5-6-19-11(16)15-9)20(17,18)14-7-8-1-3-13-4-2-8/h1-6,14H,7H2. The summed E-state index contributed by atoms with van der Waals surface area (Å²) in [7, 11) is -3.74. The molecule has 3 aromatic rings. The zero-order valence-electron chi connectivity index (χ0n) is 10.0. The number of sulfonamides is 1. The molecular formula is C11H9ClN4O2S2. The van der Waals surface area contributed by atoms with Gasteiger partial charge in [0.1, 0.15) is 0 Å². The maximum atomic E-state index is 12.3. The van der Waals surface area contributed by atoms with E-state index in [4.69, 9.17) is 11.6 Å². The monoisotopic (exact) mass is 328 g/mol. The molecule has 0 fully saturated rings. The molecule has 0 unspecified atom stereocenters. The van der Waals surface area contributed by atoms with E-state index in [2.05, 4.69) is 14.7 Å². The molecule has 20 heavy (non-hydrogen) atoms. The van der Waals surface area contributed by atoms with Crippen LogP contribution < -0.4 is 4.72 Å². The van der Waals surface area contributed by atoms with Crippen molar-refractivity contribution in [3.63, 3.8) is 0 Å². The number of rotatable bonds is 4. The molecule has 9 heteroatoms. The molecule has 3 heterocycles. The first-order chi connectivity index (χ1) is 9.58. The van der Waals surface area contributed by atoms with Gasteiger partial charge in [-0.1, -0.05) is 11.6 Å². The summed E-state index contributed by atoms with van der Waals surface area (Å²) in [6.07, 6.45) is 4.83.